The zero-order valence-corrected chi connectivity index (χ0v) is 10.7. The van der Waals surface area contributed by atoms with Gasteiger partial charge in [-0.3, -0.25) is 4.79 Å². The Bertz CT molecular complexity index is 416. The monoisotopic (exact) mass is 262 g/mol. The van der Waals surface area contributed by atoms with Crippen LogP contribution in [0.15, 0.2) is 30.3 Å². The third kappa shape index (κ3) is 4.06. The zero-order valence-electron chi connectivity index (χ0n) is 10.7. The Hall–Kier alpha value is -1.88. The minimum atomic E-state index is -0.718. The number of benzene rings is 1. The van der Waals surface area contributed by atoms with Gasteiger partial charge in [0.25, 0.3) is 0 Å². The Balaban J connectivity index is 1.88. The fourth-order valence-electron chi connectivity index (χ4n) is 2.02. The van der Waals surface area contributed by atoms with Gasteiger partial charge in [-0.2, -0.15) is 0 Å². The van der Waals surface area contributed by atoms with Crippen molar-refractivity contribution < 1.29 is 14.3 Å². The summed E-state index contributed by atoms with van der Waals surface area (Å²) in [6, 6.07) is 9.53. The minimum absolute atomic E-state index is 0.408. The lowest BCUT2D eigenvalue weighted by Gasteiger charge is -2.27. The molecule has 0 saturated carbocycles. The number of carbonyl (C=O) groups is 2. The molecule has 1 atom stereocenters. The number of piperazine rings is 1. The number of aldehydes is 1. The summed E-state index contributed by atoms with van der Waals surface area (Å²) >= 11 is 0. The molecule has 5 heteroatoms. The zero-order chi connectivity index (χ0) is 13.5. The van der Waals surface area contributed by atoms with E-state index in [1.54, 1.807) is 4.90 Å². The van der Waals surface area contributed by atoms with Crippen LogP contribution in [0.5, 0.6) is 0 Å². The van der Waals surface area contributed by atoms with Crippen LogP contribution in [0.1, 0.15) is 5.56 Å². The van der Waals surface area contributed by atoms with E-state index in [-0.39, 0.29) is 0 Å². The smallest absolute Gasteiger partial charge is 0.410 e. The third-order valence-corrected chi connectivity index (χ3v) is 3.06. The van der Waals surface area contributed by atoms with Crippen LogP contribution in [0.4, 0.5) is 4.79 Å². The summed E-state index contributed by atoms with van der Waals surface area (Å²) < 4.78 is 5.23. The molecule has 0 aromatic heterocycles. The maximum absolute atomic E-state index is 11.9. The standard InChI is InChI=1S/C14H18N2O3/c17-11-13(10-12-4-2-1-3-5-12)19-14(18)16-8-6-15-7-9-16/h1-5,11,13,15H,6-10H2/t13-/m0/s1. The van der Waals surface area contributed by atoms with E-state index < -0.39 is 12.2 Å². The third-order valence-electron chi connectivity index (χ3n) is 3.06. The largest absolute Gasteiger partial charge is 0.438 e. The van der Waals surface area contributed by atoms with Crippen molar-refractivity contribution in [2.24, 2.45) is 0 Å². The number of ether oxygens (including phenoxy) is 1. The highest BCUT2D eigenvalue weighted by molar-refractivity contribution is 5.71. The van der Waals surface area contributed by atoms with Crippen LogP contribution in [0, 0.1) is 0 Å². The van der Waals surface area contributed by atoms with Crippen LogP contribution in [0.2, 0.25) is 0 Å². The lowest BCUT2D eigenvalue weighted by atomic mass is 10.1. The van der Waals surface area contributed by atoms with Gasteiger partial charge in [0, 0.05) is 32.6 Å². The Morgan fingerprint density at radius 3 is 2.63 bits per heavy atom. The molecule has 0 bridgehead atoms. The number of amides is 1. The second kappa shape index (κ2) is 6.89. The van der Waals surface area contributed by atoms with E-state index in [4.69, 9.17) is 4.74 Å². The molecular formula is C14H18N2O3. The van der Waals surface area contributed by atoms with E-state index >= 15 is 0 Å². The molecule has 1 saturated heterocycles. The fraction of sp³-hybridized carbons (Fsp3) is 0.429. The molecule has 0 aliphatic carbocycles. The van der Waals surface area contributed by atoms with Crippen molar-refractivity contribution in [2.45, 2.75) is 12.5 Å². The molecular weight excluding hydrogens is 244 g/mol. The number of nitrogens with zero attached hydrogens (tertiary/aromatic N) is 1. The minimum Gasteiger partial charge on any atom is -0.438 e. The lowest BCUT2D eigenvalue weighted by Crippen LogP contribution is -2.47. The normalized spacial score (nSPS) is 16.7. The van der Waals surface area contributed by atoms with E-state index in [1.165, 1.54) is 0 Å². The SMILES string of the molecule is O=C[C@H](Cc1ccccc1)OC(=O)N1CCNCC1. The van der Waals surface area contributed by atoms with Crippen LogP contribution in [-0.4, -0.2) is 49.6 Å². The van der Waals surface area contributed by atoms with Gasteiger partial charge in [-0.05, 0) is 5.56 Å². The molecule has 19 heavy (non-hydrogen) atoms. The number of nitrogens with one attached hydrogen (secondary N) is 1. The highest BCUT2D eigenvalue weighted by Gasteiger charge is 2.21. The summed E-state index contributed by atoms with van der Waals surface area (Å²) in [5, 5.41) is 3.16. The number of hydrogen-bond acceptors (Lipinski definition) is 4. The van der Waals surface area contributed by atoms with Gasteiger partial charge in [-0.15, -0.1) is 0 Å². The first-order valence-corrected chi connectivity index (χ1v) is 6.45. The van der Waals surface area contributed by atoms with Crippen molar-refractivity contribution in [3.63, 3.8) is 0 Å². The van der Waals surface area contributed by atoms with Crippen molar-refractivity contribution in [1.82, 2.24) is 10.2 Å². The number of hydrogen-bond donors (Lipinski definition) is 1. The molecule has 1 aliphatic heterocycles. The fourth-order valence-corrected chi connectivity index (χ4v) is 2.02. The summed E-state index contributed by atoms with van der Waals surface area (Å²) in [4.78, 5) is 24.5. The molecule has 0 radical (unpaired) electrons. The molecule has 1 aliphatic rings. The molecule has 1 N–H and O–H groups in total. The summed E-state index contributed by atoms with van der Waals surface area (Å²) in [5.41, 5.74) is 0.979. The average molecular weight is 262 g/mol. The molecule has 1 aromatic rings. The Labute approximate surface area is 112 Å². The van der Waals surface area contributed by atoms with Gasteiger partial charge in [0.2, 0.25) is 0 Å². The van der Waals surface area contributed by atoms with Gasteiger partial charge < -0.3 is 15.0 Å². The Morgan fingerprint density at radius 1 is 1.32 bits per heavy atom. The molecule has 1 fully saturated rings. The highest BCUT2D eigenvalue weighted by Crippen LogP contribution is 2.07. The van der Waals surface area contributed by atoms with E-state index in [0.29, 0.717) is 25.8 Å². The second-order valence-corrected chi connectivity index (χ2v) is 4.49. The lowest BCUT2D eigenvalue weighted by molar-refractivity contribution is -0.115. The topological polar surface area (TPSA) is 58.6 Å². The van der Waals surface area contributed by atoms with Crippen molar-refractivity contribution >= 4 is 12.4 Å². The van der Waals surface area contributed by atoms with E-state index in [0.717, 1.165) is 18.7 Å². The predicted octanol–water partition coefficient (Wildman–Crippen LogP) is 0.838. The van der Waals surface area contributed by atoms with Crippen molar-refractivity contribution in [2.75, 3.05) is 26.2 Å². The summed E-state index contributed by atoms with van der Waals surface area (Å²) in [5.74, 6) is 0. The number of carbonyl (C=O) groups excluding carboxylic acids is 2. The van der Waals surface area contributed by atoms with E-state index in [1.807, 2.05) is 30.3 Å². The molecule has 2 rings (SSSR count). The van der Waals surface area contributed by atoms with E-state index in [2.05, 4.69) is 5.32 Å². The van der Waals surface area contributed by atoms with Crippen LogP contribution in [0.3, 0.4) is 0 Å². The maximum Gasteiger partial charge on any atom is 0.410 e. The molecule has 1 aromatic carbocycles. The average Bonchev–Trinajstić information content (AvgIpc) is 2.48. The maximum atomic E-state index is 11.9. The van der Waals surface area contributed by atoms with Gasteiger partial charge in [0.1, 0.15) is 0 Å². The Morgan fingerprint density at radius 2 is 2.00 bits per heavy atom. The van der Waals surface area contributed by atoms with Crippen molar-refractivity contribution in [3.05, 3.63) is 35.9 Å². The van der Waals surface area contributed by atoms with Gasteiger partial charge >= 0.3 is 6.09 Å². The first-order valence-electron chi connectivity index (χ1n) is 6.45. The van der Waals surface area contributed by atoms with Crippen LogP contribution in [0.25, 0.3) is 0 Å². The van der Waals surface area contributed by atoms with Crippen molar-refractivity contribution in [1.29, 1.82) is 0 Å². The quantitative estimate of drug-likeness (QED) is 0.817. The van der Waals surface area contributed by atoms with Crippen LogP contribution < -0.4 is 5.32 Å². The molecule has 1 heterocycles. The van der Waals surface area contributed by atoms with Crippen molar-refractivity contribution in [3.8, 4) is 0 Å². The summed E-state index contributed by atoms with van der Waals surface area (Å²) in [6.45, 7) is 2.77. The molecule has 5 nitrogen and oxygen atoms in total. The summed E-state index contributed by atoms with van der Waals surface area (Å²) in [7, 11) is 0. The van der Waals surface area contributed by atoms with Crippen LogP contribution >= 0.6 is 0 Å². The molecule has 102 valence electrons. The molecule has 0 spiro atoms. The van der Waals surface area contributed by atoms with E-state index in [9.17, 15) is 9.59 Å². The molecule has 1 amide bonds. The van der Waals surface area contributed by atoms with Gasteiger partial charge in [0.05, 0.1) is 0 Å². The first kappa shape index (κ1) is 13.5. The first-order chi connectivity index (χ1) is 9.29. The number of rotatable bonds is 4. The van der Waals surface area contributed by atoms with Gasteiger partial charge in [0.15, 0.2) is 12.4 Å². The summed E-state index contributed by atoms with van der Waals surface area (Å²) in [6.07, 6.45) is -0.0192. The predicted molar refractivity (Wildman–Crippen MR) is 70.9 cm³/mol. The second-order valence-electron chi connectivity index (χ2n) is 4.49. The highest BCUT2D eigenvalue weighted by atomic mass is 16.6. The van der Waals surface area contributed by atoms with Gasteiger partial charge in [-0.25, -0.2) is 4.79 Å². The van der Waals surface area contributed by atoms with Gasteiger partial charge in [-0.1, -0.05) is 30.3 Å². The molecule has 0 unspecified atom stereocenters. The Kier molecular flexibility index (Phi) is 4.92. The van der Waals surface area contributed by atoms with Crippen LogP contribution in [-0.2, 0) is 16.0 Å².